The second-order valence-corrected chi connectivity index (χ2v) is 4.80. The number of nitrogens with one attached hydrogen (secondary N) is 2. The van der Waals surface area contributed by atoms with Crippen molar-refractivity contribution in [3.8, 4) is 11.5 Å². The summed E-state index contributed by atoms with van der Waals surface area (Å²) < 4.78 is 5.40. The van der Waals surface area contributed by atoms with Gasteiger partial charge in [0.15, 0.2) is 5.65 Å². The van der Waals surface area contributed by atoms with Gasteiger partial charge in [-0.3, -0.25) is 0 Å². The molecule has 1 fully saturated rings. The summed E-state index contributed by atoms with van der Waals surface area (Å²) in [5, 5.41) is 7.37. The minimum absolute atomic E-state index is 0.330. The molecule has 3 aromatic heterocycles. The highest BCUT2D eigenvalue weighted by Crippen LogP contribution is 2.26. The lowest BCUT2D eigenvalue weighted by molar-refractivity contribution is 0.320. The first-order valence-electron chi connectivity index (χ1n) is 6.60. The Morgan fingerprint density at radius 3 is 2.95 bits per heavy atom. The summed E-state index contributed by atoms with van der Waals surface area (Å²) in [5.74, 6) is 1.50. The first-order chi connectivity index (χ1) is 9.92. The van der Waals surface area contributed by atoms with E-state index in [0.29, 0.717) is 29.0 Å². The number of aromatic amines is 1. The van der Waals surface area contributed by atoms with E-state index in [0.717, 1.165) is 31.4 Å². The number of hydrogen-bond acceptors (Lipinski definition) is 7. The molecule has 0 aromatic carbocycles. The molecule has 0 saturated carbocycles. The van der Waals surface area contributed by atoms with Gasteiger partial charge in [0.25, 0.3) is 0 Å². The maximum atomic E-state index is 5.40. The molecular weight excluding hydrogens is 258 g/mol. The number of hydrogen-bond donors (Lipinski definition) is 2. The second kappa shape index (κ2) is 4.64. The average Bonchev–Trinajstić information content (AvgIpc) is 3.17. The zero-order chi connectivity index (χ0) is 13.4. The van der Waals surface area contributed by atoms with Crippen LogP contribution < -0.4 is 5.32 Å². The van der Waals surface area contributed by atoms with Gasteiger partial charge < -0.3 is 14.8 Å². The van der Waals surface area contributed by atoms with Crippen molar-refractivity contribution in [2.24, 2.45) is 0 Å². The number of fused-ring (bicyclic) bond motifs is 1. The molecule has 20 heavy (non-hydrogen) atoms. The minimum Gasteiger partial charge on any atom is -0.341 e. The lowest BCUT2D eigenvalue weighted by Gasteiger charge is -2.18. The lowest BCUT2D eigenvalue weighted by Crippen LogP contribution is -2.26. The summed E-state index contributed by atoms with van der Waals surface area (Å²) in [5.41, 5.74) is 1.95. The molecule has 0 bridgehead atoms. The smallest absolute Gasteiger partial charge is 0.230 e. The van der Waals surface area contributed by atoms with Crippen LogP contribution in [0, 0.1) is 0 Å². The van der Waals surface area contributed by atoms with Crippen LogP contribution in [-0.2, 0) is 0 Å². The third kappa shape index (κ3) is 1.85. The topological polar surface area (TPSA) is 105 Å². The first-order valence-corrected chi connectivity index (χ1v) is 6.60. The highest BCUT2D eigenvalue weighted by molar-refractivity contribution is 5.83. The molecule has 0 amide bonds. The van der Waals surface area contributed by atoms with Crippen LogP contribution >= 0.6 is 0 Å². The van der Waals surface area contributed by atoms with Crippen molar-refractivity contribution < 1.29 is 4.52 Å². The number of nitrogens with zero attached hydrogens (tertiary/aromatic N) is 5. The SMILES string of the molecule is c1nc(-c2noc(C3CCNCC3)n2)c2[nH]cnc2n1. The van der Waals surface area contributed by atoms with Crippen molar-refractivity contribution in [1.82, 2.24) is 35.4 Å². The third-order valence-corrected chi connectivity index (χ3v) is 3.56. The Labute approximate surface area is 114 Å². The summed E-state index contributed by atoms with van der Waals surface area (Å²) >= 11 is 0. The van der Waals surface area contributed by atoms with Crippen LogP contribution in [0.4, 0.5) is 0 Å². The second-order valence-electron chi connectivity index (χ2n) is 4.80. The highest BCUT2D eigenvalue weighted by atomic mass is 16.5. The maximum Gasteiger partial charge on any atom is 0.230 e. The van der Waals surface area contributed by atoms with Crippen LogP contribution in [-0.4, -0.2) is 43.2 Å². The van der Waals surface area contributed by atoms with Gasteiger partial charge in [-0.25, -0.2) is 15.0 Å². The maximum absolute atomic E-state index is 5.40. The molecule has 8 nitrogen and oxygen atoms in total. The molecule has 0 atom stereocenters. The van der Waals surface area contributed by atoms with Crippen molar-refractivity contribution in [2.45, 2.75) is 18.8 Å². The number of imidazole rings is 1. The Morgan fingerprint density at radius 1 is 1.15 bits per heavy atom. The Bertz CT molecular complexity index is 728. The number of rotatable bonds is 2. The van der Waals surface area contributed by atoms with Gasteiger partial charge in [0.05, 0.1) is 6.33 Å². The van der Waals surface area contributed by atoms with Gasteiger partial charge in [-0.1, -0.05) is 5.16 Å². The molecule has 1 aliphatic rings. The molecule has 0 spiro atoms. The van der Waals surface area contributed by atoms with Crippen LogP contribution in [0.2, 0.25) is 0 Å². The molecule has 0 unspecified atom stereocenters. The van der Waals surface area contributed by atoms with E-state index >= 15 is 0 Å². The Balaban J connectivity index is 1.72. The van der Waals surface area contributed by atoms with Gasteiger partial charge >= 0.3 is 0 Å². The van der Waals surface area contributed by atoms with Crippen LogP contribution in [0.15, 0.2) is 17.2 Å². The van der Waals surface area contributed by atoms with E-state index in [1.165, 1.54) is 6.33 Å². The normalized spacial score (nSPS) is 16.8. The van der Waals surface area contributed by atoms with Crippen molar-refractivity contribution in [2.75, 3.05) is 13.1 Å². The fraction of sp³-hybridized carbons (Fsp3) is 0.417. The largest absolute Gasteiger partial charge is 0.341 e. The molecule has 1 saturated heterocycles. The van der Waals surface area contributed by atoms with E-state index in [1.54, 1.807) is 6.33 Å². The molecule has 3 aromatic rings. The summed E-state index contributed by atoms with van der Waals surface area (Å²) in [6, 6.07) is 0. The van der Waals surface area contributed by atoms with Crippen molar-refractivity contribution in [3.05, 3.63) is 18.5 Å². The average molecular weight is 271 g/mol. The molecule has 4 rings (SSSR count). The van der Waals surface area contributed by atoms with Crippen LogP contribution in [0.3, 0.4) is 0 Å². The minimum atomic E-state index is 0.330. The van der Waals surface area contributed by atoms with Crippen LogP contribution in [0.25, 0.3) is 22.7 Å². The zero-order valence-electron chi connectivity index (χ0n) is 10.7. The van der Waals surface area contributed by atoms with Crippen molar-refractivity contribution >= 4 is 11.2 Å². The zero-order valence-corrected chi connectivity index (χ0v) is 10.7. The molecular formula is C12H13N7O. The van der Waals surface area contributed by atoms with Gasteiger partial charge in [-0.15, -0.1) is 0 Å². The predicted octanol–water partition coefficient (Wildman–Crippen LogP) is 0.870. The number of H-pyrrole nitrogens is 1. The van der Waals surface area contributed by atoms with E-state index in [4.69, 9.17) is 4.52 Å². The van der Waals surface area contributed by atoms with E-state index < -0.39 is 0 Å². The number of aromatic nitrogens is 6. The quantitative estimate of drug-likeness (QED) is 0.712. The van der Waals surface area contributed by atoms with E-state index in [9.17, 15) is 0 Å². The molecule has 102 valence electrons. The summed E-state index contributed by atoms with van der Waals surface area (Å²) in [6.45, 7) is 1.97. The molecule has 0 aliphatic carbocycles. The Morgan fingerprint density at radius 2 is 2.05 bits per heavy atom. The lowest BCUT2D eigenvalue weighted by atomic mass is 9.98. The fourth-order valence-electron chi connectivity index (χ4n) is 2.50. The van der Waals surface area contributed by atoms with E-state index in [2.05, 4.69) is 35.4 Å². The van der Waals surface area contributed by atoms with Gasteiger partial charge in [0, 0.05) is 5.92 Å². The standard InChI is InChI=1S/C12H13N7O/c1-3-13-4-2-7(1)12-18-11(19-20-12)9-8-10(16-5-14-8)17-6-15-9/h5-7,13H,1-4H2,(H,14,15,16,17). The van der Waals surface area contributed by atoms with Gasteiger partial charge in [0.1, 0.15) is 17.5 Å². The van der Waals surface area contributed by atoms with Crippen molar-refractivity contribution in [3.63, 3.8) is 0 Å². The molecule has 2 N–H and O–H groups in total. The fourth-order valence-corrected chi connectivity index (χ4v) is 2.50. The van der Waals surface area contributed by atoms with Gasteiger partial charge in [0.2, 0.25) is 11.7 Å². The van der Waals surface area contributed by atoms with Gasteiger partial charge in [-0.2, -0.15) is 4.98 Å². The summed E-state index contributed by atoms with van der Waals surface area (Å²) in [6.07, 6.45) is 5.07. The molecule has 0 radical (unpaired) electrons. The monoisotopic (exact) mass is 271 g/mol. The van der Waals surface area contributed by atoms with Crippen LogP contribution in [0.1, 0.15) is 24.7 Å². The first kappa shape index (κ1) is 11.5. The van der Waals surface area contributed by atoms with Crippen molar-refractivity contribution in [1.29, 1.82) is 0 Å². The molecule has 1 aliphatic heterocycles. The third-order valence-electron chi connectivity index (χ3n) is 3.56. The Kier molecular flexibility index (Phi) is 2.66. The molecule has 4 heterocycles. The number of piperidine rings is 1. The van der Waals surface area contributed by atoms with E-state index in [-0.39, 0.29) is 0 Å². The highest BCUT2D eigenvalue weighted by Gasteiger charge is 2.23. The molecule has 8 heteroatoms. The predicted molar refractivity (Wildman–Crippen MR) is 69.8 cm³/mol. The van der Waals surface area contributed by atoms with Crippen LogP contribution in [0.5, 0.6) is 0 Å². The van der Waals surface area contributed by atoms with E-state index in [1.807, 2.05) is 0 Å². The van der Waals surface area contributed by atoms with Gasteiger partial charge in [-0.05, 0) is 25.9 Å². The summed E-state index contributed by atoms with van der Waals surface area (Å²) in [7, 11) is 0. The Hall–Kier alpha value is -2.35. The summed E-state index contributed by atoms with van der Waals surface area (Å²) in [4.78, 5) is 19.9.